The predicted octanol–water partition coefficient (Wildman–Crippen LogP) is 2.15. The molecule has 0 radical (unpaired) electrons. The van der Waals surface area contributed by atoms with Crippen LogP contribution >= 0.6 is 15.9 Å². The summed E-state index contributed by atoms with van der Waals surface area (Å²) in [6, 6.07) is 8.46. The van der Waals surface area contributed by atoms with Crippen LogP contribution in [0.3, 0.4) is 0 Å². The minimum Gasteiger partial charge on any atom is -0.371 e. The van der Waals surface area contributed by atoms with Crippen molar-refractivity contribution in [3.8, 4) is 0 Å². The second kappa shape index (κ2) is 5.63. The third-order valence-corrected chi connectivity index (χ3v) is 4.33. The zero-order chi connectivity index (χ0) is 14.1. The highest BCUT2D eigenvalue weighted by Gasteiger charge is 2.32. The molecule has 0 amide bonds. The Bertz CT molecular complexity index is 593. The van der Waals surface area contributed by atoms with E-state index in [4.69, 9.17) is 4.74 Å². The highest BCUT2D eigenvalue weighted by molar-refractivity contribution is 9.10. The lowest BCUT2D eigenvalue weighted by molar-refractivity contribution is 0.0145. The molecule has 2 aromatic rings. The average Bonchev–Trinajstić information content (AvgIpc) is 2.81. The molecule has 2 atom stereocenters. The number of hydrogen-bond acceptors (Lipinski definition) is 4. The lowest BCUT2D eigenvalue weighted by atomic mass is 9.92. The van der Waals surface area contributed by atoms with Gasteiger partial charge in [-0.05, 0) is 40.5 Å². The van der Waals surface area contributed by atoms with Gasteiger partial charge in [-0.25, -0.2) is 4.68 Å². The molecule has 3 rings (SSSR count). The molecule has 0 saturated heterocycles. The summed E-state index contributed by atoms with van der Waals surface area (Å²) in [6.45, 7) is 0.739. The minimum atomic E-state index is -0.0292. The van der Waals surface area contributed by atoms with Gasteiger partial charge >= 0.3 is 0 Å². The van der Waals surface area contributed by atoms with Gasteiger partial charge < -0.3 is 10.1 Å². The van der Waals surface area contributed by atoms with Gasteiger partial charge in [0.25, 0.3) is 0 Å². The van der Waals surface area contributed by atoms with Crippen LogP contribution in [0.5, 0.6) is 0 Å². The Balaban J connectivity index is 2.03. The lowest BCUT2D eigenvalue weighted by Gasteiger charge is -2.32. The van der Waals surface area contributed by atoms with Crippen molar-refractivity contribution in [1.82, 2.24) is 20.3 Å². The van der Waals surface area contributed by atoms with Crippen molar-refractivity contribution in [2.45, 2.75) is 18.6 Å². The van der Waals surface area contributed by atoms with Gasteiger partial charge in [0.1, 0.15) is 6.10 Å². The number of benzene rings is 1. The number of aromatic nitrogens is 3. The van der Waals surface area contributed by atoms with Crippen LogP contribution in [0.4, 0.5) is 0 Å². The number of aryl methyl sites for hydroxylation is 1. The molecule has 1 N–H and O–H groups in total. The van der Waals surface area contributed by atoms with Crippen molar-refractivity contribution in [3.05, 3.63) is 45.7 Å². The van der Waals surface area contributed by atoms with E-state index in [1.165, 1.54) is 11.1 Å². The molecule has 5 nitrogen and oxygen atoms in total. The van der Waals surface area contributed by atoms with Crippen molar-refractivity contribution < 1.29 is 4.74 Å². The summed E-state index contributed by atoms with van der Waals surface area (Å²) in [5.41, 5.74) is 3.59. The van der Waals surface area contributed by atoms with Gasteiger partial charge in [-0.2, -0.15) is 0 Å². The van der Waals surface area contributed by atoms with E-state index in [-0.39, 0.29) is 12.1 Å². The Morgan fingerprint density at radius 2 is 2.25 bits per heavy atom. The Kier molecular flexibility index (Phi) is 3.87. The fourth-order valence-corrected chi connectivity index (χ4v) is 3.38. The molecule has 0 fully saturated rings. The Labute approximate surface area is 126 Å². The van der Waals surface area contributed by atoms with E-state index in [1.54, 1.807) is 4.68 Å². The van der Waals surface area contributed by atoms with Gasteiger partial charge in [-0.15, -0.1) is 5.10 Å². The number of nitrogens with one attached hydrogen (secondary N) is 1. The van der Waals surface area contributed by atoms with E-state index >= 15 is 0 Å². The molecule has 1 aromatic carbocycles. The molecular weight excluding hydrogens is 320 g/mol. The number of hydrogen-bond donors (Lipinski definition) is 1. The summed E-state index contributed by atoms with van der Waals surface area (Å²) in [4.78, 5) is 0. The van der Waals surface area contributed by atoms with Crippen LogP contribution in [-0.4, -0.2) is 28.6 Å². The van der Waals surface area contributed by atoms with Crippen molar-refractivity contribution >= 4 is 15.9 Å². The first-order chi connectivity index (χ1) is 9.72. The second-order valence-electron chi connectivity index (χ2n) is 4.90. The van der Waals surface area contributed by atoms with Crippen LogP contribution in [0.1, 0.15) is 29.0 Å². The third kappa shape index (κ3) is 2.28. The molecule has 2 unspecified atom stereocenters. The number of ether oxygens (including phenoxy) is 1. The van der Waals surface area contributed by atoms with Crippen LogP contribution < -0.4 is 5.32 Å². The molecular formula is C14H17BrN4O. The molecule has 1 aliphatic heterocycles. The van der Waals surface area contributed by atoms with Gasteiger partial charge in [0.2, 0.25) is 0 Å². The Hall–Kier alpha value is -1.24. The van der Waals surface area contributed by atoms with Gasteiger partial charge in [-0.3, -0.25) is 0 Å². The van der Waals surface area contributed by atoms with E-state index in [9.17, 15) is 0 Å². The summed E-state index contributed by atoms with van der Waals surface area (Å²) < 4.78 is 8.58. The van der Waals surface area contributed by atoms with E-state index in [2.05, 4.69) is 55.8 Å². The molecule has 6 heteroatoms. The maximum absolute atomic E-state index is 6.04. The molecule has 2 heterocycles. The topological polar surface area (TPSA) is 52.0 Å². The van der Waals surface area contributed by atoms with E-state index in [1.807, 2.05) is 14.1 Å². The average molecular weight is 337 g/mol. The maximum atomic E-state index is 6.04. The van der Waals surface area contributed by atoms with Crippen molar-refractivity contribution in [1.29, 1.82) is 0 Å². The summed E-state index contributed by atoms with van der Waals surface area (Å²) in [6.07, 6.45) is 0.937. The van der Waals surface area contributed by atoms with Gasteiger partial charge in [0, 0.05) is 7.05 Å². The molecule has 0 spiro atoms. The van der Waals surface area contributed by atoms with E-state index in [0.29, 0.717) is 0 Å². The molecule has 0 aliphatic carbocycles. The van der Waals surface area contributed by atoms with E-state index < -0.39 is 0 Å². The summed E-state index contributed by atoms with van der Waals surface area (Å²) in [5.74, 6) is 0. The fourth-order valence-electron chi connectivity index (χ4n) is 2.80. The van der Waals surface area contributed by atoms with Crippen LogP contribution in [-0.2, 0) is 18.2 Å². The highest BCUT2D eigenvalue weighted by atomic mass is 79.9. The number of likely N-dealkylation sites (N-methyl/N-ethyl adjacent to an activating group) is 1. The monoisotopic (exact) mass is 336 g/mol. The smallest absolute Gasteiger partial charge is 0.153 e. The zero-order valence-electron chi connectivity index (χ0n) is 11.5. The number of fused-ring (bicyclic) bond motifs is 1. The SMILES string of the molecule is CNC(c1c(Br)nnn1C)C1OCCc2ccccc21. The van der Waals surface area contributed by atoms with Crippen molar-refractivity contribution in [3.63, 3.8) is 0 Å². The minimum absolute atomic E-state index is 0.00539. The zero-order valence-corrected chi connectivity index (χ0v) is 13.1. The first-order valence-corrected chi connectivity index (χ1v) is 7.43. The third-order valence-electron chi connectivity index (χ3n) is 3.77. The van der Waals surface area contributed by atoms with Crippen molar-refractivity contribution in [2.24, 2.45) is 7.05 Å². The van der Waals surface area contributed by atoms with Gasteiger partial charge in [0.05, 0.1) is 18.3 Å². The fraction of sp³-hybridized carbons (Fsp3) is 0.429. The normalized spacial score (nSPS) is 19.6. The first-order valence-electron chi connectivity index (χ1n) is 6.64. The van der Waals surface area contributed by atoms with Crippen LogP contribution in [0.2, 0.25) is 0 Å². The van der Waals surface area contributed by atoms with Gasteiger partial charge in [-0.1, -0.05) is 29.5 Å². The van der Waals surface area contributed by atoms with Crippen molar-refractivity contribution in [2.75, 3.05) is 13.7 Å². The quantitative estimate of drug-likeness (QED) is 0.933. The van der Waals surface area contributed by atoms with Crippen LogP contribution in [0.25, 0.3) is 0 Å². The Morgan fingerprint density at radius 3 is 2.95 bits per heavy atom. The lowest BCUT2D eigenvalue weighted by Crippen LogP contribution is -2.31. The molecule has 0 bridgehead atoms. The number of rotatable bonds is 3. The summed E-state index contributed by atoms with van der Waals surface area (Å²) >= 11 is 3.48. The predicted molar refractivity (Wildman–Crippen MR) is 79.3 cm³/mol. The largest absolute Gasteiger partial charge is 0.371 e. The second-order valence-corrected chi connectivity index (χ2v) is 5.65. The standard InChI is InChI=1S/C14H17BrN4O/c1-16-11(12-14(15)17-18-19(12)2)13-10-6-4-3-5-9(10)7-8-20-13/h3-6,11,13,16H,7-8H2,1-2H3. The highest BCUT2D eigenvalue weighted by Crippen LogP contribution is 2.38. The van der Waals surface area contributed by atoms with Crippen LogP contribution in [0.15, 0.2) is 28.9 Å². The molecule has 106 valence electrons. The summed E-state index contributed by atoms with van der Waals surface area (Å²) in [5, 5.41) is 11.5. The molecule has 1 aromatic heterocycles. The molecule has 0 saturated carbocycles. The summed E-state index contributed by atoms with van der Waals surface area (Å²) in [7, 11) is 3.83. The first kappa shape index (κ1) is 13.7. The number of nitrogens with zero attached hydrogens (tertiary/aromatic N) is 3. The van der Waals surface area contributed by atoms with Crippen LogP contribution in [0, 0.1) is 0 Å². The molecule has 1 aliphatic rings. The Morgan fingerprint density at radius 1 is 1.45 bits per heavy atom. The van der Waals surface area contributed by atoms with E-state index in [0.717, 1.165) is 23.3 Å². The van der Waals surface area contributed by atoms with Gasteiger partial charge in [0.15, 0.2) is 4.60 Å². The maximum Gasteiger partial charge on any atom is 0.153 e. The number of halogens is 1. The molecule has 20 heavy (non-hydrogen) atoms.